The van der Waals surface area contributed by atoms with E-state index in [2.05, 4.69) is 5.32 Å². The maximum Gasteiger partial charge on any atom is 0.260 e. The Morgan fingerprint density at radius 2 is 2.04 bits per heavy atom. The van der Waals surface area contributed by atoms with Crippen LogP contribution in [0.15, 0.2) is 36.4 Å². The molecule has 3 rings (SSSR count). The molecular weight excluding hydrogens is 331 g/mol. The van der Waals surface area contributed by atoms with Crippen molar-refractivity contribution in [2.45, 2.75) is 19.8 Å². The molecule has 1 heterocycles. The zero-order chi connectivity index (χ0) is 17.3. The summed E-state index contributed by atoms with van der Waals surface area (Å²) in [6.07, 6.45) is 1.69. The van der Waals surface area contributed by atoms with E-state index in [4.69, 9.17) is 11.6 Å². The molecule has 0 saturated heterocycles. The number of nitrogens with one attached hydrogen (secondary N) is 1. The molecule has 0 bridgehead atoms. The summed E-state index contributed by atoms with van der Waals surface area (Å²) in [7, 11) is 0. The van der Waals surface area contributed by atoms with Crippen molar-refractivity contribution in [1.29, 1.82) is 0 Å². The summed E-state index contributed by atoms with van der Waals surface area (Å²) in [6.45, 7) is 2.23. The van der Waals surface area contributed by atoms with Crippen LogP contribution in [-0.4, -0.2) is 18.4 Å². The molecule has 6 heteroatoms. The smallest absolute Gasteiger partial charge is 0.260 e. The zero-order valence-corrected chi connectivity index (χ0v) is 13.9. The van der Waals surface area contributed by atoms with Crippen molar-refractivity contribution in [3.8, 4) is 0 Å². The van der Waals surface area contributed by atoms with Crippen molar-refractivity contribution in [2.24, 2.45) is 0 Å². The molecular formula is C18H16ClFN2O2. The molecule has 0 atom stereocenters. The number of halogens is 2. The van der Waals surface area contributed by atoms with Crippen LogP contribution in [-0.2, 0) is 11.2 Å². The number of amides is 2. The Balaban J connectivity index is 1.87. The number of aryl methyl sites for hydroxylation is 1. The van der Waals surface area contributed by atoms with Crippen molar-refractivity contribution in [3.63, 3.8) is 0 Å². The normalized spacial score (nSPS) is 13.4. The monoisotopic (exact) mass is 346 g/mol. The number of carbonyl (C=O) groups is 2. The molecule has 0 fully saturated rings. The van der Waals surface area contributed by atoms with Crippen molar-refractivity contribution in [1.82, 2.24) is 0 Å². The maximum absolute atomic E-state index is 13.8. The SMILES string of the molecule is CC(=O)N1CCCc2cc(NC(=O)c3c(F)cccc3Cl)ccc21. The molecule has 124 valence electrons. The van der Waals surface area contributed by atoms with Gasteiger partial charge < -0.3 is 10.2 Å². The van der Waals surface area contributed by atoms with Gasteiger partial charge in [0.25, 0.3) is 5.91 Å². The Bertz CT molecular complexity index is 802. The minimum atomic E-state index is -0.666. The highest BCUT2D eigenvalue weighted by molar-refractivity contribution is 6.34. The fourth-order valence-corrected chi connectivity index (χ4v) is 3.16. The van der Waals surface area contributed by atoms with Crippen LogP contribution < -0.4 is 10.2 Å². The van der Waals surface area contributed by atoms with Crippen LogP contribution in [0.2, 0.25) is 5.02 Å². The minimum Gasteiger partial charge on any atom is -0.322 e. The summed E-state index contributed by atoms with van der Waals surface area (Å²) in [6, 6.07) is 9.43. The third-order valence-corrected chi connectivity index (χ3v) is 4.34. The van der Waals surface area contributed by atoms with Crippen molar-refractivity contribution in [3.05, 3.63) is 58.4 Å². The van der Waals surface area contributed by atoms with Gasteiger partial charge in [0.05, 0.1) is 10.6 Å². The van der Waals surface area contributed by atoms with E-state index < -0.39 is 11.7 Å². The number of rotatable bonds is 2. The van der Waals surface area contributed by atoms with E-state index in [1.54, 1.807) is 17.0 Å². The van der Waals surface area contributed by atoms with Crippen molar-refractivity contribution >= 4 is 34.8 Å². The highest BCUT2D eigenvalue weighted by atomic mass is 35.5. The van der Waals surface area contributed by atoms with Crippen LogP contribution in [0.4, 0.5) is 15.8 Å². The Hall–Kier alpha value is -2.40. The van der Waals surface area contributed by atoms with Crippen LogP contribution in [0.5, 0.6) is 0 Å². The van der Waals surface area contributed by atoms with Gasteiger partial charge in [-0.1, -0.05) is 17.7 Å². The van der Waals surface area contributed by atoms with Gasteiger partial charge in [-0.05, 0) is 48.7 Å². The Morgan fingerprint density at radius 3 is 2.75 bits per heavy atom. The Labute approximate surface area is 144 Å². The van der Waals surface area contributed by atoms with Gasteiger partial charge in [0.15, 0.2) is 0 Å². The second-order valence-electron chi connectivity index (χ2n) is 5.67. The molecule has 1 aliphatic heterocycles. The Morgan fingerprint density at radius 1 is 1.25 bits per heavy atom. The average molecular weight is 347 g/mol. The summed E-state index contributed by atoms with van der Waals surface area (Å²) in [5.41, 5.74) is 2.20. The van der Waals surface area contributed by atoms with Crippen LogP contribution in [0, 0.1) is 5.82 Å². The standard InChI is InChI=1S/C18H16ClFN2O2/c1-11(23)22-9-3-4-12-10-13(7-8-16(12)22)21-18(24)17-14(19)5-2-6-15(17)20/h2,5-8,10H,3-4,9H2,1H3,(H,21,24). The van der Waals surface area contributed by atoms with Gasteiger partial charge in [-0.25, -0.2) is 4.39 Å². The number of hydrogen-bond acceptors (Lipinski definition) is 2. The number of fused-ring (bicyclic) bond motifs is 1. The molecule has 0 unspecified atom stereocenters. The van der Waals surface area contributed by atoms with Crippen molar-refractivity contribution in [2.75, 3.05) is 16.8 Å². The predicted molar refractivity (Wildman–Crippen MR) is 92.2 cm³/mol. The van der Waals surface area contributed by atoms with Crippen LogP contribution >= 0.6 is 11.6 Å². The van der Waals surface area contributed by atoms with Gasteiger partial charge in [-0.2, -0.15) is 0 Å². The third-order valence-electron chi connectivity index (χ3n) is 4.03. The lowest BCUT2D eigenvalue weighted by Crippen LogP contribution is -2.33. The zero-order valence-electron chi connectivity index (χ0n) is 13.1. The molecule has 4 nitrogen and oxygen atoms in total. The number of nitrogens with zero attached hydrogens (tertiary/aromatic N) is 1. The highest BCUT2D eigenvalue weighted by Gasteiger charge is 2.21. The lowest BCUT2D eigenvalue weighted by molar-refractivity contribution is -0.116. The molecule has 0 spiro atoms. The summed E-state index contributed by atoms with van der Waals surface area (Å²) in [5, 5.41) is 2.73. The first-order chi connectivity index (χ1) is 11.5. The minimum absolute atomic E-state index is 0.00845. The van der Waals surface area contributed by atoms with E-state index in [1.807, 2.05) is 6.07 Å². The predicted octanol–water partition coefficient (Wildman–Crippen LogP) is 4.03. The first kappa shape index (κ1) is 16.5. The van der Waals surface area contributed by atoms with E-state index in [9.17, 15) is 14.0 Å². The highest BCUT2D eigenvalue weighted by Crippen LogP contribution is 2.30. The van der Waals surface area contributed by atoms with Crippen molar-refractivity contribution < 1.29 is 14.0 Å². The average Bonchev–Trinajstić information content (AvgIpc) is 2.53. The number of benzene rings is 2. The molecule has 1 aliphatic rings. The van der Waals surface area contributed by atoms with Crippen LogP contribution in [0.1, 0.15) is 29.3 Å². The molecule has 24 heavy (non-hydrogen) atoms. The second-order valence-corrected chi connectivity index (χ2v) is 6.08. The first-order valence-corrected chi connectivity index (χ1v) is 8.01. The van der Waals surface area contributed by atoms with E-state index in [1.165, 1.54) is 25.1 Å². The van der Waals surface area contributed by atoms with Gasteiger partial charge in [0.1, 0.15) is 5.82 Å². The topological polar surface area (TPSA) is 49.4 Å². The molecule has 2 aromatic carbocycles. The van der Waals surface area contributed by atoms with Gasteiger partial charge in [-0.3, -0.25) is 9.59 Å². The molecule has 2 amide bonds. The largest absolute Gasteiger partial charge is 0.322 e. The van der Waals surface area contributed by atoms with Gasteiger partial charge in [-0.15, -0.1) is 0 Å². The molecule has 0 saturated carbocycles. The molecule has 0 radical (unpaired) electrons. The summed E-state index contributed by atoms with van der Waals surface area (Å²) in [5.74, 6) is -1.27. The number of hydrogen-bond donors (Lipinski definition) is 1. The second kappa shape index (κ2) is 6.61. The molecule has 2 aromatic rings. The van der Waals surface area contributed by atoms with E-state index >= 15 is 0 Å². The quantitative estimate of drug-likeness (QED) is 0.892. The third kappa shape index (κ3) is 3.12. The summed E-state index contributed by atoms with van der Waals surface area (Å²) in [4.78, 5) is 25.7. The van der Waals surface area contributed by atoms with Crippen LogP contribution in [0.25, 0.3) is 0 Å². The Kier molecular flexibility index (Phi) is 4.53. The maximum atomic E-state index is 13.8. The first-order valence-electron chi connectivity index (χ1n) is 7.64. The summed E-state index contributed by atoms with van der Waals surface area (Å²) < 4.78 is 13.8. The molecule has 0 aliphatic carbocycles. The van der Waals surface area contributed by atoms with Gasteiger partial charge in [0.2, 0.25) is 5.91 Å². The summed E-state index contributed by atoms with van der Waals surface area (Å²) >= 11 is 5.91. The lowest BCUT2D eigenvalue weighted by Gasteiger charge is -2.29. The van der Waals surface area contributed by atoms with Crippen LogP contribution in [0.3, 0.4) is 0 Å². The number of anilines is 2. The van der Waals surface area contributed by atoms with E-state index in [0.717, 1.165) is 24.1 Å². The van der Waals surface area contributed by atoms with E-state index in [-0.39, 0.29) is 16.5 Å². The fourth-order valence-electron chi connectivity index (χ4n) is 2.91. The molecule has 1 N–H and O–H groups in total. The number of carbonyl (C=O) groups excluding carboxylic acids is 2. The lowest BCUT2D eigenvalue weighted by atomic mass is 10.0. The van der Waals surface area contributed by atoms with E-state index in [0.29, 0.717) is 12.2 Å². The fraction of sp³-hybridized carbons (Fsp3) is 0.222. The van der Waals surface area contributed by atoms with Gasteiger partial charge >= 0.3 is 0 Å². The molecule has 0 aromatic heterocycles. The van der Waals surface area contributed by atoms with Gasteiger partial charge in [0, 0.05) is 24.8 Å².